The maximum absolute atomic E-state index is 12.5. The molecule has 0 fully saturated rings. The fourth-order valence-electron chi connectivity index (χ4n) is 6.37. The minimum absolute atomic E-state index is 0.0824. The fourth-order valence-corrected chi connectivity index (χ4v) is 6.37. The second kappa shape index (κ2) is 36.4. The van der Waals surface area contributed by atoms with Crippen molar-refractivity contribution < 1.29 is 19.4 Å². The molecule has 0 saturated heterocycles. The topological polar surface area (TPSA) is 63.6 Å². The molecule has 1 N–H and O–H groups in total. The standard InChI is InChI=1S/C40H78O4/c1-3-5-7-9-11-13-15-17-18-19-20-22-24-26-28-30-32-37-40(43)44-38(35-33-36-39(41)42)34-31-29-27-25-23-21-16-14-12-10-8-6-4-2/h38H,3-37H2,1-2H3,(H,41,42). The van der Waals surface area contributed by atoms with Crippen LogP contribution in [0.2, 0.25) is 0 Å². The summed E-state index contributed by atoms with van der Waals surface area (Å²) in [6.45, 7) is 4.56. The van der Waals surface area contributed by atoms with Crippen molar-refractivity contribution in [3.8, 4) is 0 Å². The van der Waals surface area contributed by atoms with E-state index in [9.17, 15) is 9.59 Å². The molecule has 0 saturated carbocycles. The highest BCUT2D eigenvalue weighted by molar-refractivity contribution is 5.69. The predicted molar refractivity (Wildman–Crippen MR) is 190 cm³/mol. The molecule has 0 spiro atoms. The second-order valence-electron chi connectivity index (χ2n) is 13.8. The van der Waals surface area contributed by atoms with Crippen LogP contribution < -0.4 is 0 Å². The number of carbonyl (C=O) groups excluding carboxylic acids is 1. The van der Waals surface area contributed by atoms with Gasteiger partial charge in [-0.25, -0.2) is 0 Å². The first-order chi connectivity index (χ1) is 21.6. The van der Waals surface area contributed by atoms with Crippen LogP contribution in [-0.2, 0) is 14.3 Å². The highest BCUT2D eigenvalue weighted by Crippen LogP contribution is 2.19. The average molecular weight is 623 g/mol. The molecule has 0 aliphatic rings. The van der Waals surface area contributed by atoms with Crippen molar-refractivity contribution in [1.29, 1.82) is 0 Å². The zero-order chi connectivity index (χ0) is 32.2. The fraction of sp³-hybridized carbons (Fsp3) is 0.950. The number of ether oxygens (including phenoxy) is 1. The maximum atomic E-state index is 12.5. The molecule has 0 radical (unpaired) electrons. The number of hydrogen-bond donors (Lipinski definition) is 1. The number of unbranched alkanes of at least 4 members (excludes halogenated alkanes) is 28. The third-order valence-corrected chi connectivity index (χ3v) is 9.33. The third-order valence-electron chi connectivity index (χ3n) is 9.33. The zero-order valence-electron chi connectivity index (χ0n) is 30.0. The van der Waals surface area contributed by atoms with Crippen LogP contribution in [0.4, 0.5) is 0 Å². The van der Waals surface area contributed by atoms with Crippen molar-refractivity contribution in [2.45, 2.75) is 245 Å². The van der Waals surface area contributed by atoms with E-state index in [1.165, 1.54) is 173 Å². The van der Waals surface area contributed by atoms with E-state index in [1.807, 2.05) is 0 Å². The summed E-state index contributed by atoms with van der Waals surface area (Å²) < 4.78 is 5.84. The van der Waals surface area contributed by atoms with Crippen molar-refractivity contribution in [2.24, 2.45) is 0 Å². The lowest BCUT2D eigenvalue weighted by molar-refractivity contribution is -0.150. The Kier molecular flexibility index (Phi) is 35.5. The normalized spacial score (nSPS) is 12.0. The number of carboxylic acids is 1. The summed E-state index contributed by atoms with van der Waals surface area (Å²) in [7, 11) is 0. The van der Waals surface area contributed by atoms with E-state index in [0.29, 0.717) is 19.3 Å². The largest absolute Gasteiger partial charge is 0.481 e. The lowest BCUT2D eigenvalue weighted by atomic mass is 10.0. The lowest BCUT2D eigenvalue weighted by Gasteiger charge is -2.18. The summed E-state index contributed by atoms with van der Waals surface area (Å²) in [4.78, 5) is 23.5. The number of carbonyl (C=O) groups is 2. The first kappa shape index (κ1) is 42.9. The molecule has 262 valence electrons. The van der Waals surface area contributed by atoms with Crippen molar-refractivity contribution in [3.05, 3.63) is 0 Å². The molecule has 0 heterocycles. The smallest absolute Gasteiger partial charge is 0.306 e. The average Bonchev–Trinajstić information content (AvgIpc) is 3.00. The van der Waals surface area contributed by atoms with Crippen LogP contribution in [0.5, 0.6) is 0 Å². The number of carboxylic acid groups (broad SMARTS) is 1. The molecule has 0 aliphatic carbocycles. The Balaban J connectivity index is 3.74. The maximum Gasteiger partial charge on any atom is 0.306 e. The van der Waals surface area contributed by atoms with Gasteiger partial charge in [-0.2, -0.15) is 0 Å². The molecule has 0 aromatic heterocycles. The molecule has 0 rings (SSSR count). The Morgan fingerprint density at radius 3 is 1.05 bits per heavy atom. The minimum atomic E-state index is -0.764. The third kappa shape index (κ3) is 35.4. The van der Waals surface area contributed by atoms with Crippen LogP contribution >= 0.6 is 0 Å². The Morgan fingerprint density at radius 1 is 0.409 bits per heavy atom. The Hall–Kier alpha value is -1.06. The molecule has 1 atom stereocenters. The van der Waals surface area contributed by atoms with E-state index in [0.717, 1.165) is 25.7 Å². The van der Waals surface area contributed by atoms with Gasteiger partial charge < -0.3 is 9.84 Å². The van der Waals surface area contributed by atoms with E-state index in [1.54, 1.807) is 0 Å². The van der Waals surface area contributed by atoms with Crippen LogP contribution in [0.1, 0.15) is 239 Å². The van der Waals surface area contributed by atoms with Gasteiger partial charge in [0.25, 0.3) is 0 Å². The molecule has 0 aromatic carbocycles. The van der Waals surface area contributed by atoms with Crippen LogP contribution in [-0.4, -0.2) is 23.1 Å². The molecular weight excluding hydrogens is 544 g/mol. The summed E-state index contributed by atoms with van der Waals surface area (Å²) in [5.74, 6) is -0.847. The molecule has 0 aliphatic heterocycles. The van der Waals surface area contributed by atoms with Gasteiger partial charge in [-0.15, -0.1) is 0 Å². The van der Waals surface area contributed by atoms with Gasteiger partial charge in [-0.3, -0.25) is 9.59 Å². The van der Waals surface area contributed by atoms with Crippen molar-refractivity contribution >= 4 is 11.9 Å². The molecule has 4 nitrogen and oxygen atoms in total. The SMILES string of the molecule is CCCCCCCCCCCCCCCCCCCC(=O)OC(CCCCCCCCCCCCCCC)CCCC(=O)O. The zero-order valence-corrected chi connectivity index (χ0v) is 30.0. The van der Waals surface area contributed by atoms with Gasteiger partial charge in [-0.1, -0.05) is 194 Å². The van der Waals surface area contributed by atoms with Crippen molar-refractivity contribution in [3.63, 3.8) is 0 Å². The molecule has 4 heteroatoms. The van der Waals surface area contributed by atoms with Crippen LogP contribution in [0.15, 0.2) is 0 Å². The van der Waals surface area contributed by atoms with Gasteiger partial charge in [0.05, 0.1) is 0 Å². The Labute approximate surface area is 275 Å². The summed E-state index contributed by atoms with van der Waals surface area (Å²) in [5, 5.41) is 9.01. The van der Waals surface area contributed by atoms with E-state index in [2.05, 4.69) is 13.8 Å². The van der Waals surface area contributed by atoms with E-state index >= 15 is 0 Å². The lowest BCUT2D eigenvalue weighted by Crippen LogP contribution is -2.18. The van der Waals surface area contributed by atoms with Gasteiger partial charge >= 0.3 is 11.9 Å². The Bertz CT molecular complexity index is 590. The summed E-state index contributed by atoms with van der Waals surface area (Å²) >= 11 is 0. The Morgan fingerprint density at radius 2 is 0.705 bits per heavy atom. The van der Waals surface area contributed by atoms with Crippen molar-refractivity contribution in [1.82, 2.24) is 0 Å². The monoisotopic (exact) mass is 623 g/mol. The van der Waals surface area contributed by atoms with E-state index in [4.69, 9.17) is 9.84 Å². The molecule has 0 amide bonds. The number of aliphatic carboxylic acids is 1. The first-order valence-corrected chi connectivity index (χ1v) is 20.0. The molecule has 0 aromatic rings. The van der Waals surface area contributed by atoms with E-state index < -0.39 is 5.97 Å². The number of rotatable bonds is 37. The molecule has 1 unspecified atom stereocenters. The summed E-state index contributed by atoms with van der Waals surface area (Å²) in [6, 6.07) is 0. The summed E-state index contributed by atoms with van der Waals surface area (Å²) in [6.07, 6.45) is 42.6. The highest BCUT2D eigenvalue weighted by atomic mass is 16.5. The van der Waals surface area contributed by atoms with Gasteiger partial charge in [0.2, 0.25) is 0 Å². The van der Waals surface area contributed by atoms with Gasteiger partial charge in [0, 0.05) is 12.8 Å². The summed E-state index contributed by atoms with van der Waals surface area (Å²) in [5.41, 5.74) is 0. The molecule has 44 heavy (non-hydrogen) atoms. The van der Waals surface area contributed by atoms with Crippen molar-refractivity contribution in [2.75, 3.05) is 0 Å². The van der Waals surface area contributed by atoms with Gasteiger partial charge in [0.1, 0.15) is 6.10 Å². The van der Waals surface area contributed by atoms with Crippen LogP contribution in [0.25, 0.3) is 0 Å². The van der Waals surface area contributed by atoms with Gasteiger partial charge in [-0.05, 0) is 32.1 Å². The van der Waals surface area contributed by atoms with Crippen LogP contribution in [0, 0.1) is 0 Å². The number of hydrogen-bond acceptors (Lipinski definition) is 3. The number of esters is 1. The van der Waals surface area contributed by atoms with E-state index in [-0.39, 0.29) is 18.5 Å². The molecule has 0 bridgehead atoms. The highest BCUT2D eigenvalue weighted by Gasteiger charge is 2.15. The minimum Gasteiger partial charge on any atom is -0.481 e. The predicted octanol–water partition coefficient (Wildman–Crippen LogP) is 13.7. The molecular formula is C40H78O4. The quantitative estimate of drug-likeness (QED) is 0.0553. The van der Waals surface area contributed by atoms with Crippen LogP contribution in [0.3, 0.4) is 0 Å². The first-order valence-electron chi connectivity index (χ1n) is 20.0. The second-order valence-corrected chi connectivity index (χ2v) is 13.8. The van der Waals surface area contributed by atoms with Gasteiger partial charge in [0.15, 0.2) is 0 Å².